The summed E-state index contributed by atoms with van der Waals surface area (Å²) in [6.45, 7) is -0.282. The van der Waals surface area contributed by atoms with Gasteiger partial charge in [0.2, 0.25) is 0 Å². The Labute approximate surface area is 117 Å². The van der Waals surface area contributed by atoms with Crippen LogP contribution in [-0.4, -0.2) is 24.9 Å². The Kier molecular flexibility index (Phi) is 5.23. The molecule has 16 heavy (non-hydrogen) atoms. The van der Waals surface area contributed by atoms with Crippen LogP contribution in [0.2, 0.25) is 0 Å². The van der Waals surface area contributed by atoms with Crippen molar-refractivity contribution in [3.63, 3.8) is 0 Å². The third-order valence-corrected chi connectivity index (χ3v) is 5.20. The summed E-state index contributed by atoms with van der Waals surface area (Å²) in [6.07, 6.45) is 0. The summed E-state index contributed by atoms with van der Waals surface area (Å²) in [7, 11) is 1.25. The second kappa shape index (κ2) is 6.00. The molecule has 8 heteroatoms. The highest BCUT2D eigenvalue weighted by molar-refractivity contribution is 9.13. The maximum atomic E-state index is 11.1. The van der Waals surface area contributed by atoms with Crippen molar-refractivity contribution in [2.24, 2.45) is 0 Å². The van der Waals surface area contributed by atoms with Crippen molar-refractivity contribution < 1.29 is 19.1 Å². The second-order valence-corrected chi connectivity index (χ2v) is 5.96. The van der Waals surface area contributed by atoms with Crippen LogP contribution in [0.15, 0.2) is 8.26 Å². The van der Waals surface area contributed by atoms with Gasteiger partial charge in [-0.25, -0.2) is 4.79 Å². The van der Waals surface area contributed by atoms with Gasteiger partial charge in [0.05, 0.1) is 15.4 Å². The molecule has 88 valence electrons. The van der Waals surface area contributed by atoms with Crippen molar-refractivity contribution in [1.29, 1.82) is 0 Å². The van der Waals surface area contributed by atoms with Crippen LogP contribution in [0, 0.1) is 0 Å². The lowest BCUT2D eigenvalue weighted by Gasteiger charge is -2.04. The SMILES string of the molecule is COC(=O)COc1c(C(=O)Cl)sc(Br)c1Br. The second-order valence-electron chi connectivity index (χ2n) is 2.49. The predicted octanol–water partition coefficient (Wildman–Crippen LogP) is 3.20. The molecule has 0 aliphatic heterocycles. The van der Waals surface area contributed by atoms with Gasteiger partial charge in [-0.1, -0.05) is 0 Å². The topological polar surface area (TPSA) is 52.6 Å². The lowest BCUT2D eigenvalue weighted by atomic mass is 10.4. The average Bonchev–Trinajstić information content (AvgIpc) is 2.53. The standard InChI is InChI=1S/C8H5Br2ClO4S/c1-14-3(12)2-15-5-4(9)7(10)16-6(5)8(11)13/h2H2,1H3. The van der Waals surface area contributed by atoms with E-state index in [9.17, 15) is 9.59 Å². The maximum absolute atomic E-state index is 11.1. The first-order valence-corrected chi connectivity index (χ1v) is 6.62. The monoisotopic (exact) mass is 390 g/mol. The summed E-state index contributed by atoms with van der Waals surface area (Å²) >= 11 is 12.9. The summed E-state index contributed by atoms with van der Waals surface area (Å²) in [5.74, 6) is -0.301. The summed E-state index contributed by atoms with van der Waals surface area (Å²) in [6, 6.07) is 0. The van der Waals surface area contributed by atoms with E-state index in [0.717, 1.165) is 11.3 Å². The number of ether oxygens (including phenoxy) is 2. The van der Waals surface area contributed by atoms with Crippen LogP contribution in [0.1, 0.15) is 9.67 Å². The Hall–Kier alpha value is -0.110. The van der Waals surface area contributed by atoms with Gasteiger partial charge in [0.25, 0.3) is 5.24 Å². The van der Waals surface area contributed by atoms with Crippen LogP contribution >= 0.6 is 54.8 Å². The lowest BCUT2D eigenvalue weighted by Crippen LogP contribution is -2.13. The molecule has 0 amide bonds. The molecular weight excluding hydrogens is 387 g/mol. The van der Waals surface area contributed by atoms with E-state index in [1.807, 2.05) is 0 Å². The molecule has 0 fully saturated rings. The van der Waals surface area contributed by atoms with Gasteiger partial charge in [0.15, 0.2) is 12.4 Å². The minimum Gasteiger partial charge on any atom is -0.479 e. The first-order chi connectivity index (χ1) is 7.47. The molecular formula is C8H5Br2ClO4S. The van der Waals surface area contributed by atoms with E-state index in [4.69, 9.17) is 16.3 Å². The molecule has 0 bridgehead atoms. The molecule has 0 spiro atoms. The Morgan fingerprint density at radius 1 is 1.44 bits per heavy atom. The number of carbonyl (C=O) groups excluding carboxylic acids is 2. The highest BCUT2D eigenvalue weighted by Crippen LogP contribution is 2.43. The van der Waals surface area contributed by atoms with Gasteiger partial charge >= 0.3 is 5.97 Å². The van der Waals surface area contributed by atoms with E-state index in [-0.39, 0.29) is 17.2 Å². The zero-order valence-electron chi connectivity index (χ0n) is 7.88. The largest absolute Gasteiger partial charge is 0.479 e. The van der Waals surface area contributed by atoms with Crippen LogP contribution in [0.3, 0.4) is 0 Å². The molecule has 0 atom stereocenters. The summed E-state index contributed by atoms with van der Waals surface area (Å²) in [5, 5.41) is -0.642. The van der Waals surface area contributed by atoms with Gasteiger partial charge in [0.1, 0.15) is 4.88 Å². The molecule has 1 heterocycles. The van der Waals surface area contributed by atoms with E-state index < -0.39 is 11.2 Å². The van der Waals surface area contributed by atoms with Crippen LogP contribution in [0.5, 0.6) is 5.75 Å². The van der Waals surface area contributed by atoms with Crippen molar-refractivity contribution in [2.45, 2.75) is 0 Å². The normalized spacial score (nSPS) is 10.0. The summed E-state index contributed by atoms with van der Waals surface area (Å²) < 4.78 is 10.8. The number of halogens is 3. The van der Waals surface area contributed by atoms with E-state index in [1.165, 1.54) is 7.11 Å². The fourth-order valence-corrected chi connectivity index (χ4v) is 3.07. The molecule has 0 N–H and O–H groups in total. The van der Waals surface area contributed by atoms with Crippen LogP contribution < -0.4 is 4.74 Å². The zero-order chi connectivity index (χ0) is 12.3. The van der Waals surface area contributed by atoms with Crippen LogP contribution in [0.4, 0.5) is 0 Å². The highest BCUT2D eigenvalue weighted by atomic mass is 79.9. The first-order valence-electron chi connectivity index (χ1n) is 3.84. The van der Waals surface area contributed by atoms with Crippen LogP contribution in [0.25, 0.3) is 0 Å². The van der Waals surface area contributed by atoms with E-state index in [1.54, 1.807) is 0 Å². The third-order valence-electron chi connectivity index (χ3n) is 1.51. The fourth-order valence-electron chi connectivity index (χ4n) is 0.818. The minimum absolute atomic E-state index is 0.226. The van der Waals surface area contributed by atoms with Gasteiger partial charge in [0, 0.05) is 0 Å². The van der Waals surface area contributed by atoms with Crippen molar-refractivity contribution in [1.82, 2.24) is 0 Å². The molecule has 4 nitrogen and oxygen atoms in total. The summed E-state index contributed by atoms with van der Waals surface area (Å²) in [5.41, 5.74) is 0. The van der Waals surface area contributed by atoms with E-state index in [0.29, 0.717) is 8.26 Å². The molecule has 0 aromatic carbocycles. The van der Waals surface area contributed by atoms with Gasteiger partial charge in [-0.05, 0) is 43.5 Å². The number of esters is 1. The van der Waals surface area contributed by atoms with Crippen molar-refractivity contribution in [3.05, 3.63) is 13.1 Å². The van der Waals surface area contributed by atoms with Gasteiger partial charge < -0.3 is 9.47 Å². The Morgan fingerprint density at radius 2 is 2.06 bits per heavy atom. The van der Waals surface area contributed by atoms with Crippen molar-refractivity contribution >= 4 is 66.0 Å². The first kappa shape index (κ1) is 14.0. The zero-order valence-corrected chi connectivity index (χ0v) is 12.6. The molecule has 0 unspecified atom stereocenters. The van der Waals surface area contributed by atoms with Crippen LogP contribution in [-0.2, 0) is 9.53 Å². The highest BCUT2D eigenvalue weighted by Gasteiger charge is 2.21. The average molecular weight is 392 g/mol. The van der Waals surface area contributed by atoms with E-state index in [2.05, 4.69) is 36.6 Å². The molecule has 0 saturated carbocycles. The number of thiophene rings is 1. The summed E-state index contributed by atoms with van der Waals surface area (Å²) in [4.78, 5) is 22.2. The number of rotatable bonds is 4. The Morgan fingerprint density at radius 3 is 2.56 bits per heavy atom. The van der Waals surface area contributed by atoms with E-state index >= 15 is 0 Å². The maximum Gasteiger partial charge on any atom is 0.343 e. The van der Waals surface area contributed by atoms with Gasteiger partial charge in [-0.2, -0.15) is 0 Å². The molecule has 1 aromatic rings. The minimum atomic E-state index is -0.642. The van der Waals surface area contributed by atoms with Gasteiger partial charge in [-0.3, -0.25) is 4.79 Å². The molecule has 0 saturated heterocycles. The quantitative estimate of drug-likeness (QED) is 0.583. The number of hydrogen-bond donors (Lipinski definition) is 0. The van der Waals surface area contributed by atoms with Crippen molar-refractivity contribution in [2.75, 3.05) is 13.7 Å². The molecule has 1 rings (SSSR count). The Balaban J connectivity index is 2.93. The van der Waals surface area contributed by atoms with Gasteiger partial charge in [-0.15, -0.1) is 11.3 Å². The predicted molar refractivity (Wildman–Crippen MR) is 67.4 cm³/mol. The Bertz CT molecular complexity index is 432. The fraction of sp³-hybridized carbons (Fsp3) is 0.250. The smallest absolute Gasteiger partial charge is 0.343 e. The molecule has 0 aliphatic carbocycles. The molecule has 0 aliphatic rings. The number of carbonyl (C=O) groups is 2. The number of hydrogen-bond acceptors (Lipinski definition) is 5. The molecule has 1 aromatic heterocycles. The van der Waals surface area contributed by atoms with Crippen molar-refractivity contribution in [3.8, 4) is 5.75 Å². The molecule has 0 radical (unpaired) electrons. The number of methoxy groups -OCH3 is 1. The third kappa shape index (κ3) is 3.19. The lowest BCUT2D eigenvalue weighted by molar-refractivity contribution is -0.142.